The molecule has 152 valence electrons. The van der Waals surface area contributed by atoms with E-state index in [0.717, 1.165) is 22.3 Å². The Morgan fingerprint density at radius 2 is 1.63 bits per heavy atom. The fourth-order valence-electron chi connectivity index (χ4n) is 3.66. The van der Waals surface area contributed by atoms with Gasteiger partial charge in [0.25, 0.3) is 0 Å². The first-order valence-corrected chi connectivity index (χ1v) is 9.52. The van der Waals surface area contributed by atoms with Gasteiger partial charge in [0, 0.05) is 28.9 Å². The molecule has 0 radical (unpaired) electrons. The van der Waals surface area contributed by atoms with Crippen molar-refractivity contribution >= 4 is 22.7 Å². The smallest absolute Gasteiger partial charge is 0.381 e. The van der Waals surface area contributed by atoms with Crippen molar-refractivity contribution in [2.75, 3.05) is 12.3 Å². The van der Waals surface area contributed by atoms with Gasteiger partial charge in [-0.25, -0.2) is 14.7 Å². The van der Waals surface area contributed by atoms with Crippen molar-refractivity contribution in [2.24, 2.45) is 5.73 Å². The van der Waals surface area contributed by atoms with Gasteiger partial charge in [0.2, 0.25) is 0 Å². The lowest BCUT2D eigenvalue weighted by atomic mass is 10.0. The van der Waals surface area contributed by atoms with Crippen molar-refractivity contribution < 1.29 is 14.3 Å². The molecule has 3 aromatic carbocycles. The summed E-state index contributed by atoms with van der Waals surface area (Å²) in [5.74, 6) is -0.398. The molecule has 0 saturated heterocycles. The van der Waals surface area contributed by atoms with Crippen molar-refractivity contribution in [1.82, 2.24) is 9.55 Å². The molecule has 1 heterocycles. The molecule has 4 N–H and O–H groups in total. The van der Waals surface area contributed by atoms with E-state index in [9.17, 15) is 9.32 Å². The molecule has 4 aromatic rings. The summed E-state index contributed by atoms with van der Waals surface area (Å²) < 4.78 is 14.5. The van der Waals surface area contributed by atoms with E-state index in [2.05, 4.69) is 4.94 Å². The van der Waals surface area contributed by atoms with Crippen molar-refractivity contribution in [1.29, 1.82) is 0 Å². The minimum Gasteiger partial charge on any atom is -0.399 e. The van der Waals surface area contributed by atoms with Crippen LogP contribution in [-0.4, -0.2) is 22.1 Å². The summed E-state index contributed by atoms with van der Waals surface area (Å²) in [6, 6.07) is 19.0. The van der Waals surface area contributed by atoms with Crippen LogP contribution in [0.15, 0.2) is 60.7 Å². The molecular weight excluding hydrogens is 383 g/mol. The summed E-state index contributed by atoms with van der Waals surface area (Å²) in [5, 5.41) is 0. The number of carbonyl (C=O) groups excluding carboxylic acids is 1. The molecule has 0 fully saturated rings. The summed E-state index contributed by atoms with van der Waals surface area (Å²) in [6.45, 7) is 2.57. The molecule has 4 rings (SSSR count). The highest BCUT2D eigenvalue weighted by atomic mass is 19.3. The zero-order valence-electron chi connectivity index (χ0n) is 16.4. The number of hydrogen-bond donors (Lipinski definition) is 2. The molecule has 0 bridgehead atoms. The Morgan fingerprint density at radius 1 is 1.03 bits per heavy atom. The van der Waals surface area contributed by atoms with E-state index >= 15 is 0 Å². The number of rotatable bonds is 5. The SMILES string of the molecule is Cc1cc(C(=O)OF)c2c(c1)nc(-c1ccc(-c3ccc(N)cc3)cc1)n2CCN. The van der Waals surface area contributed by atoms with E-state index in [0.29, 0.717) is 35.6 Å². The average molecular weight is 404 g/mol. The third kappa shape index (κ3) is 3.51. The first-order valence-electron chi connectivity index (χ1n) is 9.52. The lowest BCUT2D eigenvalue weighted by molar-refractivity contribution is -0.0786. The molecule has 1 aromatic heterocycles. The molecule has 0 saturated carbocycles. The second-order valence-electron chi connectivity index (χ2n) is 7.12. The van der Waals surface area contributed by atoms with Gasteiger partial charge in [-0.2, -0.15) is 0 Å². The van der Waals surface area contributed by atoms with E-state index < -0.39 is 5.97 Å². The Hall–Kier alpha value is -3.71. The molecule has 0 aliphatic carbocycles. The molecule has 6 nitrogen and oxygen atoms in total. The molecular formula is C23H21FN4O2. The lowest BCUT2D eigenvalue weighted by Gasteiger charge is -2.10. The maximum Gasteiger partial charge on any atom is 0.381 e. The quantitative estimate of drug-likeness (QED) is 0.485. The highest BCUT2D eigenvalue weighted by molar-refractivity contribution is 6.03. The van der Waals surface area contributed by atoms with Crippen LogP contribution in [-0.2, 0) is 11.5 Å². The third-order valence-corrected chi connectivity index (χ3v) is 5.02. The highest BCUT2D eigenvalue weighted by Crippen LogP contribution is 2.30. The first kappa shape index (κ1) is 19.6. The minimum atomic E-state index is -1.05. The van der Waals surface area contributed by atoms with Gasteiger partial charge < -0.3 is 16.0 Å². The van der Waals surface area contributed by atoms with Gasteiger partial charge in [-0.3, -0.25) is 0 Å². The van der Waals surface area contributed by atoms with Gasteiger partial charge in [-0.05, 0) is 47.9 Å². The first-order chi connectivity index (χ1) is 14.5. The van der Waals surface area contributed by atoms with Gasteiger partial charge in [0.1, 0.15) is 5.82 Å². The fraction of sp³-hybridized carbons (Fsp3) is 0.130. The number of nitrogen functional groups attached to an aromatic ring is 1. The van der Waals surface area contributed by atoms with Crippen molar-refractivity contribution in [3.63, 3.8) is 0 Å². The fourth-order valence-corrected chi connectivity index (χ4v) is 3.66. The second kappa shape index (κ2) is 7.96. The van der Waals surface area contributed by atoms with Crippen LogP contribution in [0.25, 0.3) is 33.5 Å². The second-order valence-corrected chi connectivity index (χ2v) is 7.12. The standard InChI is InChI=1S/C23H21FN4O2/c1-14-12-19(23(29)30-24)21-20(13-14)27-22(28(21)11-10-25)17-4-2-15(3-5-17)16-6-8-18(26)9-7-16/h2-9,12-13H,10-11,25-26H2,1H3. The van der Waals surface area contributed by atoms with Crippen molar-refractivity contribution in [3.05, 3.63) is 71.8 Å². The summed E-state index contributed by atoms with van der Waals surface area (Å²) in [4.78, 5) is 20.2. The predicted octanol–water partition coefficient (Wildman–Crippen LogP) is 4.26. The number of halogens is 1. The van der Waals surface area contributed by atoms with Crippen LogP contribution in [0.3, 0.4) is 0 Å². The Bertz CT molecular complexity index is 1210. The summed E-state index contributed by atoms with van der Waals surface area (Å²) in [6.07, 6.45) is 0. The van der Waals surface area contributed by atoms with Crippen LogP contribution in [0.5, 0.6) is 0 Å². The van der Waals surface area contributed by atoms with Gasteiger partial charge in [0.05, 0.1) is 16.6 Å². The maximum absolute atomic E-state index is 12.7. The third-order valence-electron chi connectivity index (χ3n) is 5.02. The van der Waals surface area contributed by atoms with Crippen LogP contribution >= 0.6 is 0 Å². The number of nitrogens with two attached hydrogens (primary N) is 2. The van der Waals surface area contributed by atoms with Gasteiger partial charge in [0.15, 0.2) is 0 Å². The molecule has 7 heteroatoms. The summed E-state index contributed by atoms with van der Waals surface area (Å²) >= 11 is 0. The minimum absolute atomic E-state index is 0.123. The van der Waals surface area contributed by atoms with E-state index in [1.807, 2.05) is 66.1 Å². The van der Waals surface area contributed by atoms with E-state index in [-0.39, 0.29) is 5.56 Å². The summed E-state index contributed by atoms with van der Waals surface area (Å²) in [5.41, 5.74) is 17.2. The number of nitrogens with zero attached hydrogens (tertiary/aromatic N) is 2. The largest absolute Gasteiger partial charge is 0.399 e. The van der Waals surface area contributed by atoms with Gasteiger partial charge in [-0.15, -0.1) is 0 Å². The number of fused-ring (bicyclic) bond motifs is 1. The lowest BCUT2D eigenvalue weighted by Crippen LogP contribution is -2.13. The van der Waals surface area contributed by atoms with Crippen LogP contribution < -0.4 is 11.5 Å². The number of aromatic nitrogens is 2. The monoisotopic (exact) mass is 404 g/mol. The van der Waals surface area contributed by atoms with Crippen LogP contribution in [0.4, 0.5) is 10.2 Å². The van der Waals surface area contributed by atoms with Crippen LogP contribution in [0, 0.1) is 6.92 Å². The molecule has 0 amide bonds. The zero-order valence-corrected chi connectivity index (χ0v) is 16.4. The van der Waals surface area contributed by atoms with Gasteiger partial charge >= 0.3 is 5.97 Å². The molecule has 0 unspecified atom stereocenters. The molecule has 0 aliphatic heterocycles. The van der Waals surface area contributed by atoms with E-state index in [1.165, 1.54) is 0 Å². The Labute approximate surface area is 172 Å². The topological polar surface area (TPSA) is 96.2 Å². The van der Waals surface area contributed by atoms with Crippen LogP contribution in [0.2, 0.25) is 0 Å². The van der Waals surface area contributed by atoms with Gasteiger partial charge in [-0.1, -0.05) is 36.4 Å². The average Bonchev–Trinajstić information content (AvgIpc) is 3.11. The van der Waals surface area contributed by atoms with E-state index in [4.69, 9.17) is 16.5 Å². The Kier molecular flexibility index (Phi) is 5.20. The number of imidazole rings is 1. The number of anilines is 1. The normalized spacial score (nSPS) is 11.0. The number of carbonyl (C=O) groups is 1. The van der Waals surface area contributed by atoms with E-state index in [1.54, 1.807) is 6.07 Å². The van der Waals surface area contributed by atoms with Crippen LogP contribution in [0.1, 0.15) is 15.9 Å². The van der Waals surface area contributed by atoms with Crippen molar-refractivity contribution in [2.45, 2.75) is 13.5 Å². The molecule has 0 spiro atoms. The Morgan fingerprint density at radius 3 is 2.23 bits per heavy atom. The molecule has 0 atom stereocenters. The van der Waals surface area contributed by atoms with Crippen molar-refractivity contribution in [3.8, 4) is 22.5 Å². The molecule has 30 heavy (non-hydrogen) atoms. The summed E-state index contributed by atoms with van der Waals surface area (Å²) in [7, 11) is 0. The zero-order chi connectivity index (χ0) is 21.3. The number of hydrogen-bond acceptors (Lipinski definition) is 5. The predicted molar refractivity (Wildman–Crippen MR) is 115 cm³/mol. The Balaban J connectivity index is 1.85. The number of benzene rings is 3. The number of aryl methyl sites for hydroxylation is 1. The molecule has 0 aliphatic rings. The highest BCUT2D eigenvalue weighted by Gasteiger charge is 2.21. The maximum atomic E-state index is 12.7.